The number of ether oxygens (including phenoxy) is 2. The van der Waals surface area contributed by atoms with Gasteiger partial charge in [-0.1, -0.05) is 11.6 Å². The fraction of sp³-hybridized carbons (Fsp3) is 0.400. The lowest BCUT2D eigenvalue weighted by molar-refractivity contribution is 0.0685. The van der Waals surface area contributed by atoms with E-state index >= 15 is 0 Å². The van der Waals surface area contributed by atoms with Crippen molar-refractivity contribution in [2.24, 2.45) is 0 Å². The molecule has 0 saturated carbocycles. The average molecular weight is 446 g/mol. The second-order valence-electron chi connectivity index (χ2n) is 7.30. The topological polar surface area (TPSA) is 120 Å². The van der Waals surface area contributed by atoms with Gasteiger partial charge in [0.25, 0.3) is 5.91 Å². The first kappa shape index (κ1) is 21.3. The molecular weight excluding hydrogens is 422 g/mol. The molecule has 4 rings (SSSR count). The molecule has 1 aliphatic heterocycles. The first-order valence-corrected chi connectivity index (χ1v) is 10.4. The van der Waals surface area contributed by atoms with E-state index < -0.39 is 5.91 Å². The molecule has 1 amide bonds. The summed E-state index contributed by atoms with van der Waals surface area (Å²) >= 11 is 5.94. The summed E-state index contributed by atoms with van der Waals surface area (Å²) in [5.74, 6) is 0.151. The molecule has 3 aromatic rings. The van der Waals surface area contributed by atoms with Crippen LogP contribution in [0.3, 0.4) is 0 Å². The normalized spacial score (nSPS) is 17.0. The highest BCUT2D eigenvalue weighted by molar-refractivity contribution is 6.30. The van der Waals surface area contributed by atoms with Crippen molar-refractivity contribution in [3.8, 4) is 5.75 Å². The minimum atomic E-state index is -0.453. The molecule has 0 bridgehead atoms. The van der Waals surface area contributed by atoms with Crippen molar-refractivity contribution in [3.63, 3.8) is 0 Å². The zero-order valence-corrected chi connectivity index (χ0v) is 17.9. The number of carbonyl (C=O) groups is 1. The highest BCUT2D eigenvalue weighted by Gasteiger charge is 2.24. The Morgan fingerprint density at radius 1 is 1.42 bits per heavy atom. The number of piperidine rings is 1. The molecule has 0 aromatic carbocycles. The number of carbonyl (C=O) groups excluding carboxylic acids is 1. The lowest BCUT2D eigenvalue weighted by Gasteiger charge is -2.33. The van der Waals surface area contributed by atoms with Crippen LogP contribution in [0.2, 0.25) is 5.02 Å². The van der Waals surface area contributed by atoms with Crippen molar-refractivity contribution in [1.29, 1.82) is 0 Å². The van der Waals surface area contributed by atoms with Gasteiger partial charge in [0.05, 0.1) is 24.0 Å². The number of likely N-dealkylation sites (tertiary alicyclic amines) is 1. The molecule has 10 nitrogen and oxygen atoms in total. The van der Waals surface area contributed by atoms with Crippen LogP contribution >= 0.6 is 11.6 Å². The number of fused-ring (bicyclic) bond motifs is 1. The monoisotopic (exact) mass is 445 g/mol. The molecular formula is C20H24ClN7O3. The molecule has 3 N–H and O–H groups in total. The molecule has 4 heterocycles. The van der Waals surface area contributed by atoms with E-state index in [1.165, 1.54) is 16.9 Å². The molecule has 0 aliphatic carbocycles. The Balaban J connectivity index is 1.50. The maximum absolute atomic E-state index is 13.0. The molecule has 164 valence electrons. The SMILES string of the molecule is COCCN1CCCC(Oc2ccncc2NC(=O)c2c(N)nn3cc(Cl)cnc23)C1. The van der Waals surface area contributed by atoms with E-state index in [1.807, 2.05) is 0 Å². The second kappa shape index (κ2) is 9.46. The molecule has 1 unspecified atom stereocenters. The first-order chi connectivity index (χ1) is 15.0. The second-order valence-corrected chi connectivity index (χ2v) is 7.74. The lowest BCUT2D eigenvalue weighted by atomic mass is 10.1. The maximum atomic E-state index is 13.0. The number of amides is 1. The van der Waals surface area contributed by atoms with Gasteiger partial charge in [-0.25, -0.2) is 9.50 Å². The number of methoxy groups -OCH3 is 1. The number of halogens is 1. The van der Waals surface area contributed by atoms with Crippen molar-refractivity contribution < 1.29 is 14.3 Å². The predicted molar refractivity (Wildman–Crippen MR) is 117 cm³/mol. The fourth-order valence-electron chi connectivity index (χ4n) is 3.62. The van der Waals surface area contributed by atoms with Crippen LogP contribution in [0.1, 0.15) is 23.2 Å². The Bertz CT molecular complexity index is 1070. The van der Waals surface area contributed by atoms with Crippen LogP contribution in [0.4, 0.5) is 11.5 Å². The van der Waals surface area contributed by atoms with Gasteiger partial charge in [-0.05, 0) is 19.4 Å². The molecule has 31 heavy (non-hydrogen) atoms. The van der Waals surface area contributed by atoms with Crippen LogP contribution in [0, 0.1) is 0 Å². The van der Waals surface area contributed by atoms with Crippen LogP contribution in [0.25, 0.3) is 5.65 Å². The van der Waals surface area contributed by atoms with Gasteiger partial charge in [0.2, 0.25) is 0 Å². The summed E-state index contributed by atoms with van der Waals surface area (Å²) in [5.41, 5.74) is 6.89. The highest BCUT2D eigenvalue weighted by Crippen LogP contribution is 2.28. The number of pyridine rings is 1. The predicted octanol–water partition coefficient (Wildman–Crippen LogP) is 2.10. The summed E-state index contributed by atoms with van der Waals surface area (Å²) < 4.78 is 12.8. The van der Waals surface area contributed by atoms with E-state index in [0.717, 1.165) is 32.5 Å². The van der Waals surface area contributed by atoms with Crippen molar-refractivity contribution in [3.05, 3.63) is 41.4 Å². The zero-order valence-electron chi connectivity index (χ0n) is 17.1. The van der Waals surface area contributed by atoms with Crippen LogP contribution < -0.4 is 15.8 Å². The first-order valence-electron chi connectivity index (χ1n) is 9.98. The Labute approximate surface area is 184 Å². The largest absolute Gasteiger partial charge is 0.487 e. The van der Waals surface area contributed by atoms with E-state index in [2.05, 4.69) is 25.3 Å². The van der Waals surface area contributed by atoms with Gasteiger partial charge in [0, 0.05) is 38.7 Å². The van der Waals surface area contributed by atoms with Gasteiger partial charge < -0.3 is 20.5 Å². The molecule has 1 fully saturated rings. The van der Waals surface area contributed by atoms with Crippen LogP contribution in [0.5, 0.6) is 5.75 Å². The smallest absolute Gasteiger partial charge is 0.263 e. The third kappa shape index (κ3) is 4.87. The van der Waals surface area contributed by atoms with E-state index in [-0.39, 0.29) is 17.5 Å². The van der Waals surface area contributed by atoms with Gasteiger partial charge in [-0.15, -0.1) is 5.10 Å². The fourth-order valence-corrected chi connectivity index (χ4v) is 3.76. The van der Waals surface area contributed by atoms with Crippen molar-refractivity contribution in [1.82, 2.24) is 24.5 Å². The molecule has 3 aromatic heterocycles. The van der Waals surface area contributed by atoms with E-state index in [1.54, 1.807) is 25.6 Å². The van der Waals surface area contributed by atoms with Crippen LogP contribution in [0.15, 0.2) is 30.9 Å². The zero-order chi connectivity index (χ0) is 21.8. The highest BCUT2D eigenvalue weighted by atomic mass is 35.5. The number of hydrogen-bond acceptors (Lipinski definition) is 8. The molecule has 0 radical (unpaired) electrons. The molecule has 1 saturated heterocycles. The number of nitrogen functional groups attached to an aromatic ring is 1. The van der Waals surface area contributed by atoms with Crippen LogP contribution in [-0.4, -0.2) is 69.8 Å². The summed E-state index contributed by atoms with van der Waals surface area (Å²) in [6, 6.07) is 1.74. The maximum Gasteiger partial charge on any atom is 0.263 e. The van der Waals surface area contributed by atoms with E-state index in [9.17, 15) is 4.79 Å². The van der Waals surface area contributed by atoms with Crippen molar-refractivity contribution >= 4 is 34.7 Å². The van der Waals surface area contributed by atoms with Crippen molar-refractivity contribution in [2.45, 2.75) is 18.9 Å². The molecule has 0 spiro atoms. The minimum Gasteiger partial charge on any atom is -0.487 e. The third-order valence-electron chi connectivity index (χ3n) is 5.09. The van der Waals surface area contributed by atoms with Gasteiger partial charge in [-0.3, -0.25) is 14.7 Å². The van der Waals surface area contributed by atoms with Gasteiger partial charge in [0.15, 0.2) is 11.5 Å². The Kier molecular flexibility index (Phi) is 6.50. The van der Waals surface area contributed by atoms with Gasteiger partial charge in [-0.2, -0.15) is 0 Å². The van der Waals surface area contributed by atoms with Gasteiger partial charge in [0.1, 0.15) is 23.1 Å². The van der Waals surface area contributed by atoms with E-state index in [0.29, 0.717) is 28.7 Å². The summed E-state index contributed by atoms with van der Waals surface area (Å²) in [6.45, 7) is 3.36. The lowest BCUT2D eigenvalue weighted by Crippen LogP contribution is -2.42. The van der Waals surface area contributed by atoms with Gasteiger partial charge >= 0.3 is 0 Å². The van der Waals surface area contributed by atoms with E-state index in [4.69, 9.17) is 26.8 Å². The number of aromatic nitrogens is 4. The average Bonchev–Trinajstić information content (AvgIpc) is 3.08. The van der Waals surface area contributed by atoms with Crippen LogP contribution in [-0.2, 0) is 4.74 Å². The molecule has 11 heteroatoms. The summed E-state index contributed by atoms with van der Waals surface area (Å²) in [4.78, 5) is 23.6. The summed E-state index contributed by atoms with van der Waals surface area (Å²) in [7, 11) is 1.70. The van der Waals surface area contributed by atoms with Crippen molar-refractivity contribution in [2.75, 3.05) is 44.4 Å². The third-order valence-corrected chi connectivity index (χ3v) is 5.29. The number of nitrogens with one attached hydrogen (secondary N) is 1. The molecule has 1 atom stereocenters. The molecule has 1 aliphatic rings. The Morgan fingerprint density at radius 3 is 3.13 bits per heavy atom. The summed E-state index contributed by atoms with van der Waals surface area (Å²) in [6.07, 6.45) is 8.13. The number of hydrogen-bond donors (Lipinski definition) is 2. The summed E-state index contributed by atoms with van der Waals surface area (Å²) in [5, 5.41) is 7.32. The standard InChI is InChI=1S/C20H24ClN7O3/c1-30-8-7-27-6-2-3-14(12-27)31-16-4-5-23-10-15(16)25-20(29)17-18(22)26-28-11-13(21)9-24-19(17)28/h4-5,9-11,14H,2-3,6-8,12H2,1H3,(H2,22,26)(H,25,29). The Morgan fingerprint density at radius 2 is 2.29 bits per heavy atom. The number of nitrogens with zero attached hydrogens (tertiary/aromatic N) is 5. The minimum absolute atomic E-state index is 0.00881. The number of anilines is 2. The number of rotatable bonds is 7. The number of nitrogens with two attached hydrogens (primary N) is 1. The quantitative estimate of drug-likeness (QED) is 0.567. The Hall–Kier alpha value is -2.95.